The van der Waals surface area contributed by atoms with E-state index in [4.69, 9.17) is 0 Å². The minimum Gasteiger partial charge on any atom is -0.284 e. The normalized spacial score (nSPS) is 10.4. The van der Waals surface area contributed by atoms with E-state index >= 15 is 0 Å². The van der Waals surface area contributed by atoms with Crippen molar-refractivity contribution in [2.45, 2.75) is 20.3 Å². The number of nitrogens with zero attached hydrogens (tertiary/aromatic N) is 1. The molecule has 2 heteroatoms. The molecule has 0 aliphatic rings. The predicted octanol–water partition coefficient (Wildman–Crippen LogP) is 2.71. The van der Waals surface area contributed by atoms with Crippen LogP contribution in [0.1, 0.15) is 18.1 Å². The number of aromatic nitrogens is 1. The van der Waals surface area contributed by atoms with Crippen LogP contribution in [0, 0.1) is 6.92 Å². The van der Waals surface area contributed by atoms with Gasteiger partial charge in [0.1, 0.15) is 0 Å². The SMILES string of the molecule is CCc1cccc(-n2cc(C)ccc2=O)c1. The monoisotopic (exact) mass is 213 g/mol. The third-order valence-electron chi connectivity index (χ3n) is 2.66. The van der Waals surface area contributed by atoms with Gasteiger partial charge < -0.3 is 0 Å². The molecule has 0 unspecified atom stereocenters. The van der Waals surface area contributed by atoms with Gasteiger partial charge in [-0.05, 0) is 36.6 Å². The predicted molar refractivity (Wildman–Crippen MR) is 66.2 cm³/mol. The van der Waals surface area contributed by atoms with Gasteiger partial charge in [0.25, 0.3) is 5.56 Å². The summed E-state index contributed by atoms with van der Waals surface area (Å²) in [5.74, 6) is 0. The third kappa shape index (κ3) is 2.06. The fourth-order valence-electron chi connectivity index (χ4n) is 1.72. The minimum absolute atomic E-state index is 0.0128. The van der Waals surface area contributed by atoms with E-state index in [9.17, 15) is 4.79 Å². The summed E-state index contributed by atoms with van der Waals surface area (Å²) in [4.78, 5) is 11.7. The molecule has 0 aliphatic heterocycles. The van der Waals surface area contributed by atoms with Crippen molar-refractivity contribution < 1.29 is 0 Å². The highest BCUT2D eigenvalue weighted by atomic mass is 16.1. The van der Waals surface area contributed by atoms with Crippen LogP contribution in [0.3, 0.4) is 0 Å². The fraction of sp³-hybridized carbons (Fsp3) is 0.214. The number of aryl methyl sites for hydroxylation is 2. The molecule has 0 spiro atoms. The Morgan fingerprint density at radius 3 is 2.75 bits per heavy atom. The highest BCUT2D eigenvalue weighted by Gasteiger charge is 2.00. The second-order valence-corrected chi connectivity index (χ2v) is 3.94. The standard InChI is InChI=1S/C14H15NO/c1-3-12-5-4-6-13(9-12)15-10-11(2)7-8-14(15)16/h4-10H,3H2,1-2H3. The van der Waals surface area contributed by atoms with Gasteiger partial charge in [-0.3, -0.25) is 9.36 Å². The van der Waals surface area contributed by atoms with E-state index in [1.165, 1.54) is 5.56 Å². The molecule has 0 N–H and O–H groups in total. The molecule has 1 aromatic carbocycles. The lowest BCUT2D eigenvalue weighted by Gasteiger charge is -2.07. The summed E-state index contributed by atoms with van der Waals surface area (Å²) in [6.45, 7) is 4.09. The summed E-state index contributed by atoms with van der Waals surface area (Å²) in [5.41, 5.74) is 3.28. The van der Waals surface area contributed by atoms with Crippen molar-refractivity contribution in [2.75, 3.05) is 0 Å². The molecule has 0 saturated heterocycles. The van der Waals surface area contributed by atoms with Crippen LogP contribution in [0.15, 0.2) is 47.4 Å². The van der Waals surface area contributed by atoms with E-state index in [1.54, 1.807) is 10.6 Å². The third-order valence-corrected chi connectivity index (χ3v) is 2.66. The maximum Gasteiger partial charge on any atom is 0.255 e. The first-order valence-corrected chi connectivity index (χ1v) is 5.49. The van der Waals surface area contributed by atoms with Crippen LogP contribution >= 0.6 is 0 Å². The molecule has 0 atom stereocenters. The zero-order valence-corrected chi connectivity index (χ0v) is 9.60. The summed E-state index contributed by atoms with van der Waals surface area (Å²) in [6, 6.07) is 11.5. The van der Waals surface area contributed by atoms with Gasteiger partial charge in [-0.15, -0.1) is 0 Å². The first kappa shape index (κ1) is 10.7. The number of hydrogen-bond acceptors (Lipinski definition) is 1. The van der Waals surface area contributed by atoms with Crippen molar-refractivity contribution >= 4 is 0 Å². The molecule has 82 valence electrons. The average Bonchev–Trinajstić information content (AvgIpc) is 2.32. The Kier molecular flexibility index (Phi) is 2.91. The number of benzene rings is 1. The van der Waals surface area contributed by atoms with Gasteiger partial charge >= 0.3 is 0 Å². The van der Waals surface area contributed by atoms with Gasteiger partial charge in [0.05, 0.1) is 0 Å². The lowest BCUT2D eigenvalue weighted by atomic mass is 10.1. The number of hydrogen-bond donors (Lipinski definition) is 0. The average molecular weight is 213 g/mol. The van der Waals surface area contributed by atoms with E-state index < -0.39 is 0 Å². The van der Waals surface area contributed by atoms with E-state index in [-0.39, 0.29) is 5.56 Å². The topological polar surface area (TPSA) is 22.0 Å². The maximum atomic E-state index is 11.7. The van der Waals surface area contributed by atoms with E-state index in [0.717, 1.165) is 17.7 Å². The molecule has 0 aliphatic carbocycles. The smallest absolute Gasteiger partial charge is 0.255 e. The van der Waals surface area contributed by atoms with Gasteiger partial charge in [0, 0.05) is 18.0 Å². The largest absolute Gasteiger partial charge is 0.284 e. The molecule has 0 radical (unpaired) electrons. The highest BCUT2D eigenvalue weighted by Crippen LogP contribution is 2.09. The summed E-state index contributed by atoms with van der Waals surface area (Å²) >= 11 is 0. The Morgan fingerprint density at radius 1 is 1.19 bits per heavy atom. The Hall–Kier alpha value is -1.83. The molecule has 0 bridgehead atoms. The summed E-state index contributed by atoms with van der Waals surface area (Å²) in [5, 5.41) is 0. The Balaban J connectivity index is 2.58. The fourth-order valence-corrected chi connectivity index (χ4v) is 1.72. The zero-order valence-electron chi connectivity index (χ0n) is 9.60. The summed E-state index contributed by atoms with van der Waals surface area (Å²) < 4.78 is 1.69. The van der Waals surface area contributed by atoms with Crippen LogP contribution in [-0.2, 0) is 6.42 Å². The van der Waals surface area contributed by atoms with Crippen LogP contribution in [0.25, 0.3) is 5.69 Å². The van der Waals surface area contributed by atoms with Gasteiger partial charge in [-0.2, -0.15) is 0 Å². The molecule has 2 rings (SSSR count). The van der Waals surface area contributed by atoms with Crippen molar-refractivity contribution in [3.63, 3.8) is 0 Å². The molecule has 1 aromatic heterocycles. The molecule has 0 saturated carbocycles. The van der Waals surface area contributed by atoms with Crippen molar-refractivity contribution in [2.24, 2.45) is 0 Å². The van der Waals surface area contributed by atoms with Crippen LogP contribution in [0.5, 0.6) is 0 Å². The first-order valence-electron chi connectivity index (χ1n) is 5.49. The molecule has 2 aromatic rings. The second kappa shape index (κ2) is 4.35. The van der Waals surface area contributed by atoms with Crippen molar-refractivity contribution in [1.82, 2.24) is 4.57 Å². The van der Waals surface area contributed by atoms with Crippen LogP contribution in [0.4, 0.5) is 0 Å². The van der Waals surface area contributed by atoms with Crippen LogP contribution < -0.4 is 5.56 Å². The van der Waals surface area contributed by atoms with Gasteiger partial charge in [0.2, 0.25) is 0 Å². The lowest BCUT2D eigenvalue weighted by Crippen LogP contribution is -2.16. The molecule has 16 heavy (non-hydrogen) atoms. The summed E-state index contributed by atoms with van der Waals surface area (Å²) in [7, 11) is 0. The Bertz CT molecular complexity index is 555. The number of pyridine rings is 1. The van der Waals surface area contributed by atoms with Crippen molar-refractivity contribution in [3.05, 3.63) is 64.1 Å². The maximum absolute atomic E-state index is 11.7. The minimum atomic E-state index is 0.0128. The van der Waals surface area contributed by atoms with Crippen molar-refractivity contribution in [1.29, 1.82) is 0 Å². The molecule has 2 nitrogen and oxygen atoms in total. The van der Waals surface area contributed by atoms with Gasteiger partial charge in [-0.25, -0.2) is 0 Å². The van der Waals surface area contributed by atoms with Crippen molar-refractivity contribution in [3.8, 4) is 5.69 Å². The lowest BCUT2D eigenvalue weighted by molar-refractivity contribution is 0.969. The molecular weight excluding hydrogens is 198 g/mol. The molecule has 0 fully saturated rings. The Labute approximate surface area is 95.2 Å². The molecule has 1 heterocycles. The quantitative estimate of drug-likeness (QED) is 0.751. The Morgan fingerprint density at radius 2 is 2.00 bits per heavy atom. The molecular formula is C14H15NO. The van der Waals surface area contributed by atoms with Gasteiger partial charge in [-0.1, -0.05) is 25.1 Å². The van der Waals surface area contributed by atoms with E-state index in [1.807, 2.05) is 31.3 Å². The van der Waals surface area contributed by atoms with Crippen LogP contribution in [-0.4, -0.2) is 4.57 Å². The zero-order chi connectivity index (χ0) is 11.5. The molecule has 0 amide bonds. The number of rotatable bonds is 2. The van der Waals surface area contributed by atoms with E-state index in [2.05, 4.69) is 19.1 Å². The van der Waals surface area contributed by atoms with Gasteiger partial charge in [0.15, 0.2) is 0 Å². The second-order valence-electron chi connectivity index (χ2n) is 3.94. The van der Waals surface area contributed by atoms with Crippen LogP contribution in [0.2, 0.25) is 0 Å². The summed E-state index contributed by atoms with van der Waals surface area (Å²) in [6.07, 6.45) is 2.85. The van der Waals surface area contributed by atoms with E-state index in [0.29, 0.717) is 0 Å². The highest BCUT2D eigenvalue weighted by molar-refractivity contribution is 5.36. The first-order chi connectivity index (χ1) is 7.70.